The third-order valence-corrected chi connectivity index (χ3v) is 2.46. The number of amides is 1. The maximum absolute atomic E-state index is 11.2. The van der Waals surface area contributed by atoms with Gasteiger partial charge in [0, 0.05) is 6.54 Å². The molecule has 0 aromatic rings. The van der Waals surface area contributed by atoms with Crippen LogP contribution in [0.4, 0.5) is 0 Å². The van der Waals surface area contributed by atoms with E-state index < -0.39 is 0 Å². The molecule has 0 aromatic carbocycles. The number of rotatable bonds is 1. The van der Waals surface area contributed by atoms with E-state index in [0.717, 1.165) is 0 Å². The van der Waals surface area contributed by atoms with Gasteiger partial charge < -0.3 is 10.2 Å². The summed E-state index contributed by atoms with van der Waals surface area (Å²) in [6.07, 6.45) is -0.0953. The van der Waals surface area contributed by atoms with Crippen molar-refractivity contribution in [2.45, 2.75) is 20.0 Å². The van der Waals surface area contributed by atoms with E-state index in [1.807, 2.05) is 24.8 Å². The van der Waals surface area contributed by atoms with Gasteiger partial charge >= 0.3 is 0 Å². The van der Waals surface area contributed by atoms with Gasteiger partial charge in [0.25, 0.3) is 5.91 Å². The third-order valence-electron chi connectivity index (χ3n) is 1.98. The number of nitrogens with zero attached hydrogens (tertiary/aromatic N) is 2. The Morgan fingerprint density at radius 3 is 2.85 bits per heavy atom. The lowest BCUT2D eigenvalue weighted by Gasteiger charge is -2.34. The van der Waals surface area contributed by atoms with Crippen molar-refractivity contribution in [3.8, 4) is 6.07 Å². The van der Waals surface area contributed by atoms with Crippen molar-refractivity contribution < 1.29 is 4.79 Å². The summed E-state index contributed by atoms with van der Waals surface area (Å²) in [5, 5.41) is 11.8. The Balaban J connectivity index is 3.10. The van der Waals surface area contributed by atoms with Gasteiger partial charge in [-0.05, 0) is 13.8 Å². The van der Waals surface area contributed by atoms with Gasteiger partial charge in [0.15, 0.2) is 0 Å². The number of carbonyl (C=O) groups is 1. The largest absolute Gasteiger partial charge is 0.346 e. The number of nitriles is 1. The van der Waals surface area contributed by atoms with Crippen molar-refractivity contribution in [3.63, 3.8) is 0 Å². The summed E-state index contributed by atoms with van der Waals surface area (Å²) in [4.78, 5) is 13.1. The number of hydrogen-bond donors (Lipinski definition) is 2. The van der Waals surface area contributed by atoms with E-state index in [-0.39, 0.29) is 17.6 Å². The predicted octanol–water partition coefficient (Wildman–Crippen LogP) is 0.449. The summed E-state index contributed by atoms with van der Waals surface area (Å²) in [5.74, 6) is -0.343. The molecule has 70 valence electrons. The Kier molecular flexibility index (Phi) is 2.83. The van der Waals surface area contributed by atoms with Crippen LogP contribution in [-0.4, -0.2) is 23.5 Å². The first-order chi connectivity index (χ1) is 6.11. The van der Waals surface area contributed by atoms with Gasteiger partial charge in [-0.1, -0.05) is 0 Å². The van der Waals surface area contributed by atoms with Crippen molar-refractivity contribution in [2.24, 2.45) is 0 Å². The van der Waals surface area contributed by atoms with E-state index in [9.17, 15) is 4.79 Å². The van der Waals surface area contributed by atoms with Crippen molar-refractivity contribution in [3.05, 3.63) is 10.6 Å². The maximum Gasteiger partial charge on any atom is 0.266 e. The topological polar surface area (TPSA) is 56.1 Å². The molecule has 5 heteroatoms. The summed E-state index contributed by atoms with van der Waals surface area (Å²) < 4.78 is 0. The molecule has 0 unspecified atom stereocenters. The molecule has 1 aliphatic heterocycles. The standard InChI is InChI=1S/C8H11N3OS/c1-3-11-5(2)10-7(12)6(4-9)8(11)13/h5,13H,3H2,1-2H3,(H,10,12)/t5-/m1/s1. The van der Waals surface area contributed by atoms with Crippen molar-refractivity contribution >= 4 is 18.5 Å². The highest BCUT2D eigenvalue weighted by Gasteiger charge is 2.27. The van der Waals surface area contributed by atoms with Crippen LogP contribution >= 0.6 is 12.6 Å². The Morgan fingerprint density at radius 2 is 2.38 bits per heavy atom. The second-order valence-electron chi connectivity index (χ2n) is 2.75. The molecule has 0 aromatic heterocycles. The summed E-state index contributed by atoms with van der Waals surface area (Å²) in [7, 11) is 0. The zero-order valence-corrected chi connectivity index (χ0v) is 8.43. The molecule has 0 saturated carbocycles. The van der Waals surface area contributed by atoms with Gasteiger partial charge in [0.2, 0.25) is 0 Å². The molecule has 0 fully saturated rings. The van der Waals surface area contributed by atoms with Crippen molar-refractivity contribution in [1.82, 2.24) is 10.2 Å². The van der Waals surface area contributed by atoms with E-state index in [1.54, 1.807) is 0 Å². The molecule has 0 radical (unpaired) electrons. The fraction of sp³-hybridized carbons (Fsp3) is 0.500. The van der Waals surface area contributed by atoms with Crippen LogP contribution in [0.25, 0.3) is 0 Å². The normalized spacial score (nSPS) is 22.8. The van der Waals surface area contributed by atoms with E-state index in [1.165, 1.54) is 0 Å². The minimum Gasteiger partial charge on any atom is -0.346 e. The SMILES string of the molecule is CCN1C(S)=C(C#N)C(=O)N[C@H]1C. The van der Waals surface area contributed by atoms with Gasteiger partial charge in [-0.3, -0.25) is 4.79 Å². The second kappa shape index (κ2) is 3.71. The molecule has 0 saturated heterocycles. The average molecular weight is 197 g/mol. The molecule has 1 N–H and O–H groups in total. The van der Waals surface area contributed by atoms with Crippen LogP contribution in [0.3, 0.4) is 0 Å². The minimum absolute atomic E-state index is 0.0864. The van der Waals surface area contributed by atoms with E-state index in [2.05, 4.69) is 17.9 Å². The van der Waals surface area contributed by atoms with Crippen LogP contribution in [-0.2, 0) is 4.79 Å². The zero-order chi connectivity index (χ0) is 10.0. The maximum atomic E-state index is 11.2. The first-order valence-corrected chi connectivity index (χ1v) is 4.47. The Bertz CT molecular complexity index is 305. The number of carbonyl (C=O) groups excluding carboxylic acids is 1. The molecule has 0 aliphatic carbocycles. The molecule has 1 rings (SSSR count). The van der Waals surface area contributed by atoms with Gasteiger partial charge in [0.05, 0.1) is 11.2 Å². The first kappa shape index (κ1) is 9.93. The first-order valence-electron chi connectivity index (χ1n) is 4.02. The molecule has 4 nitrogen and oxygen atoms in total. The molecule has 1 amide bonds. The molecule has 13 heavy (non-hydrogen) atoms. The Labute approximate surface area is 82.6 Å². The zero-order valence-electron chi connectivity index (χ0n) is 7.53. The van der Waals surface area contributed by atoms with Crippen molar-refractivity contribution in [1.29, 1.82) is 5.26 Å². The van der Waals surface area contributed by atoms with Crippen LogP contribution in [0.2, 0.25) is 0 Å². The smallest absolute Gasteiger partial charge is 0.266 e. The molecule has 1 aliphatic rings. The lowest BCUT2D eigenvalue weighted by Crippen LogP contribution is -2.50. The summed E-state index contributed by atoms with van der Waals surface area (Å²) in [5.41, 5.74) is 0.0864. The fourth-order valence-corrected chi connectivity index (χ4v) is 1.76. The minimum atomic E-state index is -0.343. The molecule has 1 heterocycles. The summed E-state index contributed by atoms with van der Waals surface area (Å²) in [6.45, 7) is 4.51. The van der Waals surface area contributed by atoms with Gasteiger partial charge in [-0.2, -0.15) is 5.26 Å². The Morgan fingerprint density at radius 1 is 1.77 bits per heavy atom. The predicted molar refractivity (Wildman–Crippen MR) is 51.6 cm³/mol. The average Bonchev–Trinajstić information content (AvgIpc) is 2.04. The fourth-order valence-electron chi connectivity index (χ4n) is 1.29. The lowest BCUT2D eigenvalue weighted by molar-refractivity contribution is -0.119. The monoisotopic (exact) mass is 197 g/mol. The van der Waals surface area contributed by atoms with E-state index in [4.69, 9.17) is 5.26 Å². The van der Waals surface area contributed by atoms with Gasteiger partial charge in [-0.25, -0.2) is 0 Å². The molecular weight excluding hydrogens is 186 g/mol. The van der Waals surface area contributed by atoms with Gasteiger partial charge in [0.1, 0.15) is 11.6 Å². The lowest BCUT2D eigenvalue weighted by atomic mass is 10.2. The molecular formula is C8H11N3OS. The van der Waals surface area contributed by atoms with Crippen LogP contribution in [0.1, 0.15) is 13.8 Å². The summed E-state index contributed by atoms with van der Waals surface area (Å²) in [6, 6.07) is 1.84. The van der Waals surface area contributed by atoms with E-state index >= 15 is 0 Å². The third kappa shape index (κ3) is 1.63. The molecule has 0 bridgehead atoms. The molecule has 0 spiro atoms. The van der Waals surface area contributed by atoms with Gasteiger partial charge in [-0.15, -0.1) is 12.6 Å². The van der Waals surface area contributed by atoms with Crippen molar-refractivity contribution in [2.75, 3.05) is 6.54 Å². The number of hydrogen-bond acceptors (Lipinski definition) is 4. The number of nitrogens with one attached hydrogen (secondary N) is 1. The highest BCUT2D eigenvalue weighted by atomic mass is 32.1. The second-order valence-corrected chi connectivity index (χ2v) is 3.17. The molecule has 1 atom stereocenters. The summed E-state index contributed by atoms with van der Waals surface area (Å²) >= 11 is 4.15. The quantitative estimate of drug-likeness (QED) is 0.600. The van der Waals surface area contributed by atoms with Crippen LogP contribution < -0.4 is 5.32 Å². The highest BCUT2D eigenvalue weighted by molar-refractivity contribution is 7.84. The van der Waals surface area contributed by atoms with Crippen LogP contribution in [0.15, 0.2) is 10.6 Å². The van der Waals surface area contributed by atoms with Crippen LogP contribution in [0.5, 0.6) is 0 Å². The highest BCUT2D eigenvalue weighted by Crippen LogP contribution is 2.20. The Hall–Kier alpha value is -1.15. The van der Waals surface area contributed by atoms with Crippen LogP contribution in [0, 0.1) is 11.3 Å². The number of thiol groups is 1. The van der Waals surface area contributed by atoms with E-state index in [0.29, 0.717) is 11.6 Å².